The molecule has 38 heavy (non-hydrogen) atoms. The van der Waals surface area contributed by atoms with Crippen molar-refractivity contribution in [2.45, 2.75) is 70.4 Å². The molecule has 1 unspecified atom stereocenters. The van der Waals surface area contributed by atoms with Gasteiger partial charge in [-0.3, -0.25) is 19.2 Å². The van der Waals surface area contributed by atoms with E-state index in [1.807, 2.05) is 6.26 Å². The Morgan fingerprint density at radius 3 is 2.63 bits per heavy atom. The molecule has 0 fully saturated rings. The monoisotopic (exact) mass is 564 g/mol. The van der Waals surface area contributed by atoms with Gasteiger partial charge in [0.15, 0.2) is 11.4 Å². The quantitative estimate of drug-likeness (QED) is 0.177. The Morgan fingerprint density at radius 1 is 1.26 bits per heavy atom. The predicted octanol–water partition coefficient (Wildman–Crippen LogP) is 2.53. The standard InChI is InChI=1S/C26H36N4O6S2/c1-6-18-24(33)30-23(15(2)3)26(35)36-17(9-7-8-12-38-16(4)31)13-22(32)27-14-20-21(37-5)11-10-19(28-20)25(34)29-18/h6-7,9-11,15,17,23,26,35H,8,12-14H2,1-5H3,(H,27,32)(H,29,34)(H,30,33)/b9-7+,18-6-/t17-,23+,26?/m1/s1. The summed E-state index contributed by atoms with van der Waals surface area (Å²) in [6.07, 6.45) is 5.05. The molecule has 0 aliphatic carbocycles. The molecule has 2 rings (SSSR count). The SMILES string of the molecule is C/C=C1\NC(=O)c2ccc(SC)c(n2)CNC(=O)C[C@@H](/C=C/CCSC(C)=O)OC(O)[C@H](C(C)C)NC1=O. The molecule has 208 valence electrons. The molecule has 3 amide bonds. The van der Waals surface area contributed by atoms with Crippen molar-refractivity contribution in [2.75, 3.05) is 12.0 Å². The molecule has 3 atom stereocenters. The Balaban J connectivity index is 2.39. The van der Waals surface area contributed by atoms with Gasteiger partial charge in [0.05, 0.1) is 30.8 Å². The molecule has 0 spiro atoms. The Hall–Kier alpha value is -2.67. The molecule has 0 saturated carbocycles. The van der Waals surface area contributed by atoms with Gasteiger partial charge in [0.25, 0.3) is 11.8 Å². The second kappa shape index (κ2) is 15.7. The molecule has 0 aromatic carbocycles. The fraction of sp³-hybridized carbons (Fsp3) is 0.500. The molecule has 0 saturated heterocycles. The van der Waals surface area contributed by atoms with Crippen molar-refractivity contribution in [1.82, 2.24) is 20.9 Å². The van der Waals surface area contributed by atoms with Gasteiger partial charge < -0.3 is 25.8 Å². The van der Waals surface area contributed by atoms with E-state index in [1.54, 1.807) is 45.1 Å². The molecule has 4 N–H and O–H groups in total. The first-order chi connectivity index (χ1) is 18.0. The molecule has 1 aromatic heterocycles. The number of carbonyl (C=O) groups excluding carboxylic acids is 4. The first kappa shape index (κ1) is 31.5. The van der Waals surface area contributed by atoms with Crippen molar-refractivity contribution in [3.05, 3.63) is 47.4 Å². The van der Waals surface area contributed by atoms with Crippen LogP contribution in [-0.2, 0) is 25.7 Å². The van der Waals surface area contributed by atoms with Crippen molar-refractivity contribution in [3.8, 4) is 0 Å². The van der Waals surface area contributed by atoms with Gasteiger partial charge in [-0.2, -0.15) is 0 Å². The highest BCUT2D eigenvalue weighted by molar-refractivity contribution is 8.13. The molecular weight excluding hydrogens is 528 g/mol. The number of aromatic nitrogens is 1. The minimum absolute atomic E-state index is 0.00459. The van der Waals surface area contributed by atoms with Crippen LogP contribution in [0.1, 0.15) is 56.7 Å². The van der Waals surface area contributed by atoms with Crippen molar-refractivity contribution in [1.29, 1.82) is 0 Å². The van der Waals surface area contributed by atoms with Crippen molar-refractivity contribution >= 4 is 46.4 Å². The normalized spacial score (nSPS) is 22.9. The van der Waals surface area contributed by atoms with Crippen LogP contribution in [0.5, 0.6) is 0 Å². The van der Waals surface area contributed by atoms with Crippen LogP contribution in [0.15, 0.2) is 41.0 Å². The Labute approximate surface area is 231 Å². The second-order valence-electron chi connectivity index (χ2n) is 8.85. The van der Waals surface area contributed by atoms with Gasteiger partial charge >= 0.3 is 0 Å². The Morgan fingerprint density at radius 2 is 2.00 bits per heavy atom. The highest BCUT2D eigenvalue weighted by atomic mass is 32.2. The number of rotatable bonds is 6. The second-order valence-corrected chi connectivity index (χ2v) is 11.0. The highest BCUT2D eigenvalue weighted by Gasteiger charge is 2.29. The number of hydrogen-bond donors (Lipinski definition) is 4. The summed E-state index contributed by atoms with van der Waals surface area (Å²) in [4.78, 5) is 55.1. The van der Waals surface area contributed by atoms with E-state index in [0.717, 1.165) is 4.90 Å². The van der Waals surface area contributed by atoms with Crippen LogP contribution in [0.4, 0.5) is 0 Å². The number of aliphatic hydroxyl groups excluding tert-OH is 1. The van der Waals surface area contributed by atoms with E-state index in [9.17, 15) is 24.3 Å². The zero-order chi connectivity index (χ0) is 28.2. The van der Waals surface area contributed by atoms with Crippen LogP contribution in [0.2, 0.25) is 0 Å². The molecule has 1 aromatic rings. The van der Waals surface area contributed by atoms with E-state index in [4.69, 9.17) is 4.74 Å². The molecule has 1 aliphatic heterocycles. The molecule has 1 aliphatic rings. The first-order valence-corrected chi connectivity index (χ1v) is 14.5. The smallest absolute Gasteiger partial charge is 0.274 e. The van der Waals surface area contributed by atoms with Crippen LogP contribution in [0.3, 0.4) is 0 Å². The van der Waals surface area contributed by atoms with Gasteiger partial charge in [-0.1, -0.05) is 43.8 Å². The van der Waals surface area contributed by atoms with Crippen LogP contribution >= 0.6 is 23.5 Å². The number of nitrogens with zero attached hydrogens (tertiary/aromatic N) is 1. The maximum Gasteiger partial charge on any atom is 0.274 e. The molecular formula is C26H36N4O6S2. The summed E-state index contributed by atoms with van der Waals surface area (Å²) in [6, 6.07) is 2.46. The van der Waals surface area contributed by atoms with Gasteiger partial charge in [-0.25, -0.2) is 4.98 Å². The maximum absolute atomic E-state index is 13.0. The summed E-state index contributed by atoms with van der Waals surface area (Å²) in [7, 11) is 0. The summed E-state index contributed by atoms with van der Waals surface area (Å²) in [5.74, 6) is -1.18. The Bertz CT molecular complexity index is 1080. The number of carbonyl (C=O) groups is 4. The number of allylic oxidation sites excluding steroid dienone is 2. The predicted molar refractivity (Wildman–Crippen MR) is 148 cm³/mol. The third-order valence-corrected chi connectivity index (χ3v) is 7.24. The number of amides is 3. The molecule has 2 heterocycles. The third-order valence-electron chi connectivity index (χ3n) is 5.58. The lowest BCUT2D eigenvalue weighted by Crippen LogP contribution is -2.50. The van der Waals surface area contributed by atoms with Crippen LogP contribution < -0.4 is 16.0 Å². The lowest BCUT2D eigenvalue weighted by atomic mass is 10.0. The molecule has 12 heteroatoms. The third kappa shape index (κ3) is 9.90. The number of thioether (sulfide) groups is 2. The molecule has 10 nitrogen and oxygen atoms in total. The summed E-state index contributed by atoms with van der Waals surface area (Å²) in [5.41, 5.74) is 0.607. The number of fused-ring (bicyclic) bond motifs is 2. The number of aliphatic hydroxyl groups is 1. The van der Waals surface area contributed by atoms with Crippen LogP contribution in [0.25, 0.3) is 0 Å². The average Bonchev–Trinajstić information content (AvgIpc) is 2.87. The molecule has 0 radical (unpaired) electrons. The van der Waals surface area contributed by atoms with Gasteiger partial charge in [-0.05, 0) is 37.7 Å². The van der Waals surface area contributed by atoms with Gasteiger partial charge in [0, 0.05) is 17.6 Å². The first-order valence-electron chi connectivity index (χ1n) is 12.3. The van der Waals surface area contributed by atoms with Crippen LogP contribution in [-0.4, -0.2) is 63.4 Å². The fourth-order valence-electron chi connectivity index (χ4n) is 3.55. The van der Waals surface area contributed by atoms with E-state index in [-0.39, 0.29) is 41.3 Å². The van der Waals surface area contributed by atoms with E-state index >= 15 is 0 Å². The number of pyridine rings is 1. The van der Waals surface area contributed by atoms with Crippen LogP contribution in [0, 0.1) is 5.92 Å². The maximum atomic E-state index is 13.0. The average molecular weight is 565 g/mol. The summed E-state index contributed by atoms with van der Waals surface area (Å²) >= 11 is 2.62. The van der Waals surface area contributed by atoms with Crippen molar-refractivity contribution in [2.24, 2.45) is 5.92 Å². The van der Waals surface area contributed by atoms with Crippen molar-refractivity contribution in [3.63, 3.8) is 0 Å². The minimum Gasteiger partial charge on any atom is -0.366 e. The van der Waals surface area contributed by atoms with Gasteiger partial charge in [0.1, 0.15) is 11.4 Å². The van der Waals surface area contributed by atoms with E-state index in [0.29, 0.717) is 17.9 Å². The van der Waals surface area contributed by atoms with E-state index < -0.39 is 30.3 Å². The summed E-state index contributed by atoms with van der Waals surface area (Å²) in [6.45, 7) is 6.80. The topological polar surface area (TPSA) is 147 Å². The van der Waals surface area contributed by atoms with E-state index in [1.165, 1.54) is 36.5 Å². The summed E-state index contributed by atoms with van der Waals surface area (Å²) < 4.78 is 5.84. The lowest BCUT2D eigenvalue weighted by Gasteiger charge is -2.30. The van der Waals surface area contributed by atoms with Crippen molar-refractivity contribution < 1.29 is 29.0 Å². The van der Waals surface area contributed by atoms with E-state index in [2.05, 4.69) is 20.9 Å². The van der Waals surface area contributed by atoms with Gasteiger partial charge in [0.2, 0.25) is 5.91 Å². The molecule has 2 bridgehead atoms. The largest absolute Gasteiger partial charge is 0.366 e. The zero-order valence-corrected chi connectivity index (χ0v) is 23.9. The van der Waals surface area contributed by atoms with Gasteiger partial charge in [-0.15, -0.1) is 11.8 Å². The number of hydrogen-bond acceptors (Lipinski definition) is 9. The number of nitrogens with one attached hydrogen (secondary N) is 3. The Kier molecular flexibility index (Phi) is 13.0. The summed E-state index contributed by atoms with van der Waals surface area (Å²) in [5, 5.41) is 19.0. The fourth-order valence-corrected chi connectivity index (χ4v) is 4.65. The number of ether oxygens (including phenoxy) is 1. The highest BCUT2D eigenvalue weighted by Crippen LogP contribution is 2.20. The minimum atomic E-state index is -1.44. The zero-order valence-electron chi connectivity index (χ0n) is 22.3. The lowest BCUT2D eigenvalue weighted by molar-refractivity contribution is -0.157.